The van der Waals surface area contributed by atoms with Crippen LogP contribution in [0.25, 0.3) is 10.8 Å². The first-order chi connectivity index (χ1) is 17.4. The topological polar surface area (TPSA) is 174 Å². The van der Waals surface area contributed by atoms with Crippen LogP contribution in [0.1, 0.15) is 39.0 Å². The molecule has 37 heavy (non-hydrogen) atoms. The van der Waals surface area contributed by atoms with Crippen LogP contribution in [0.5, 0.6) is 5.75 Å². The van der Waals surface area contributed by atoms with Crippen LogP contribution in [-0.2, 0) is 25.0 Å². The molecule has 0 radical (unpaired) electrons. The monoisotopic (exact) mass is 547 g/mol. The van der Waals surface area contributed by atoms with Crippen LogP contribution < -0.4 is 4.90 Å². The van der Waals surface area contributed by atoms with Gasteiger partial charge in [0.2, 0.25) is 5.91 Å². The standard InChI is InChI=1S/C24H25N3O8S2/c1-15(28)27(18-5-3-2-4-6-18)19-10-8-17(9-11-19)25-26-24-21(29)12-7-16-13-20(36(30,31)32)14-22(23(16)24)37(33,34)35/h7-14,18,29H,2-6H2,1H3,(H,30,31,32)(H,33,34,35). The summed E-state index contributed by atoms with van der Waals surface area (Å²) in [6.07, 6.45) is 5.13. The Morgan fingerprint density at radius 1 is 0.892 bits per heavy atom. The second kappa shape index (κ2) is 10.2. The summed E-state index contributed by atoms with van der Waals surface area (Å²) < 4.78 is 66.4. The SMILES string of the molecule is CC(=O)N(c1ccc(N=Nc2c(O)ccc3cc(S(=O)(=O)O)cc(S(=O)(=O)O)c23)cc1)C1CCCCC1. The van der Waals surface area contributed by atoms with Crippen molar-refractivity contribution in [2.24, 2.45) is 10.2 Å². The summed E-state index contributed by atoms with van der Waals surface area (Å²) in [5.41, 5.74) is 0.705. The summed E-state index contributed by atoms with van der Waals surface area (Å²) in [4.78, 5) is 12.5. The summed E-state index contributed by atoms with van der Waals surface area (Å²) in [6.45, 7) is 1.52. The summed E-state index contributed by atoms with van der Waals surface area (Å²) in [6, 6.07) is 10.7. The number of nitrogens with zero attached hydrogens (tertiary/aromatic N) is 3. The van der Waals surface area contributed by atoms with Crippen molar-refractivity contribution in [2.45, 2.75) is 54.9 Å². The van der Waals surface area contributed by atoms with Gasteiger partial charge in [-0.3, -0.25) is 13.9 Å². The lowest BCUT2D eigenvalue weighted by Gasteiger charge is -2.33. The molecule has 0 saturated heterocycles. The van der Waals surface area contributed by atoms with E-state index in [0.29, 0.717) is 17.4 Å². The van der Waals surface area contributed by atoms with Crippen LogP contribution in [-0.4, -0.2) is 43.0 Å². The van der Waals surface area contributed by atoms with Crippen LogP contribution in [0.3, 0.4) is 0 Å². The molecule has 1 saturated carbocycles. The van der Waals surface area contributed by atoms with Gasteiger partial charge in [0.25, 0.3) is 20.2 Å². The molecule has 3 aromatic carbocycles. The predicted molar refractivity (Wildman–Crippen MR) is 136 cm³/mol. The lowest BCUT2D eigenvalue weighted by Crippen LogP contribution is -2.40. The number of anilines is 1. The van der Waals surface area contributed by atoms with E-state index in [1.165, 1.54) is 13.0 Å². The number of amides is 1. The van der Waals surface area contributed by atoms with E-state index < -0.39 is 35.8 Å². The first kappa shape index (κ1) is 26.7. The Morgan fingerprint density at radius 3 is 2.11 bits per heavy atom. The van der Waals surface area contributed by atoms with Crippen LogP contribution in [0.4, 0.5) is 17.1 Å². The molecule has 13 heteroatoms. The van der Waals surface area contributed by atoms with Gasteiger partial charge in [0.15, 0.2) is 0 Å². The third kappa shape index (κ3) is 5.80. The number of phenols is 1. The molecule has 3 N–H and O–H groups in total. The van der Waals surface area contributed by atoms with E-state index in [2.05, 4.69) is 10.2 Å². The quantitative estimate of drug-likeness (QED) is 0.281. The minimum atomic E-state index is -4.99. The molecule has 3 aromatic rings. The molecule has 0 spiro atoms. The molecule has 1 amide bonds. The van der Waals surface area contributed by atoms with E-state index in [4.69, 9.17) is 0 Å². The molecule has 0 unspecified atom stereocenters. The number of aromatic hydroxyl groups is 1. The number of hydrogen-bond acceptors (Lipinski definition) is 8. The maximum absolute atomic E-state index is 12.3. The number of phenolic OH excluding ortho intramolecular Hbond substituents is 1. The van der Waals surface area contributed by atoms with Gasteiger partial charge in [-0.05, 0) is 60.7 Å². The minimum absolute atomic E-state index is 0.0329. The van der Waals surface area contributed by atoms with Gasteiger partial charge < -0.3 is 10.0 Å². The number of benzene rings is 3. The maximum Gasteiger partial charge on any atom is 0.295 e. The molecule has 1 aliphatic carbocycles. The molecule has 1 aliphatic rings. The van der Waals surface area contributed by atoms with Gasteiger partial charge in [-0.1, -0.05) is 25.3 Å². The summed E-state index contributed by atoms with van der Waals surface area (Å²) >= 11 is 0. The highest BCUT2D eigenvalue weighted by atomic mass is 32.2. The summed E-state index contributed by atoms with van der Waals surface area (Å²) in [5.74, 6) is -0.540. The Kier molecular flexibility index (Phi) is 7.33. The molecular formula is C24H25N3O8S2. The highest BCUT2D eigenvalue weighted by Gasteiger charge is 2.25. The van der Waals surface area contributed by atoms with Crippen molar-refractivity contribution in [2.75, 3.05) is 4.90 Å². The van der Waals surface area contributed by atoms with Crippen molar-refractivity contribution in [1.82, 2.24) is 0 Å². The molecule has 0 aliphatic heterocycles. The van der Waals surface area contributed by atoms with E-state index in [9.17, 15) is 35.8 Å². The first-order valence-electron chi connectivity index (χ1n) is 11.4. The highest BCUT2D eigenvalue weighted by molar-refractivity contribution is 7.86. The van der Waals surface area contributed by atoms with E-state index in [0.717, 1.165) is 44.2 Å². The van der Waals surface area contributed by atoms with E-state index in [-0.39, 0.29) is 28.4 Å². The zero-order valence-electron chi connectivity index (χ0n) is 19.8. The zero-order chi connectivity index (χ0) is 27.0. The number of carbonyl (C=O) groups is 1. The molecule has 11 nitrogen and oxygen atoms in total. The second-order valence-electron chi connectivity index (χ2n) is 8.80. The number of carbonyl (C=O) groups excluding carboxylic acids is 1. The fraction of sp³-hybridized carbons (Fsp3) is 0.292. The second-order valence-corrected chi connectivity index (χ2v) is 11.6. The smallest absolute Gasteiger partial charge is 0.295 e. The van der Waals surface area contributed by atoms with Gasteiger partial charge in [-0.25, -0.2) is 0 Å². The third-order valence-electron chi connectivity index (χ3n) is 6.25. The molecule has 0 atom stereocenters. The predicted octanol–water partition coefficient (Wildman–Crippen LogP) is 5.14. The normalized spacial score (nSPS) is 15.3. The molecule has 1 fully saturated rings. The van der Waals surface area contributed by atoms with Crippen LogP contribution in [0.2, 0.25) is 0 Å². The van der Waals surface area contributed by atoms with Crippen LogP contribution in [0, 0.1) is 0 Å². The highest BCUT2D eigenvalue weighted by Crippen LogP contribution is 2.41. The Morgan fingerprint density at radius 2 is 1.54 bits per heavy atom. The maximum atomic E-state index is 12.3. The van der Waals surface area contributed by atoms with Crippen molar-refractivity contribution < 1.29 is 35.8 Å². The van der Waals surface area contributed by atoms with Gasteiger partial charge in [-0.15, -0.1) is 5.11 Å². The molecule has 196 valence electrons. The van der Waals surface area contributed by atoms with E-state index in [1.54, 1.807) is 29.2 Å². The Hall–Kier alpha value is -3.39. The number of azo groups is 1. The fourth-order valence-electron chi connectivity index (χ4n) is 4.60. The van der Waals surface area contributed by atoms with Gasteiger partial charge in [-0.2, -0.15) is 21.9 Å². The third-order valence-corrected chi connectivity index (χ3v) is 7.96. The Labute approximate surface area is 214 Å². The molecule has 0 bridgehead atoms. The fourth-order valence-corrected chi connectivity index (χ4v) is 5.97. The van der Waals surface area contributed by atoms with Crippen molar-refractivity contribution in [3.8, 4) is 5.75 Å². The number of fused-ring (bicyclic) bond motifs is 1. The molecule has 4 rings (SSSR count). The molecule has 0 heterocycles. The average molecular weight is 548 g/mol. The zero-order valence-corrected chi connectivity index (χ0v) is 21.4. The van der Waals surface area contributed by atoms with Crippen LogP contribution >= 0.6 is 0 Å². The molecule has 0 aromatic heterocycles. The Bertz CT molecular complexity index is 1600. The van der Waals surface area contributed by atoms with Crippen molar-refractivity contribution in [3.05, 3.63) is 48.5 Å². The van der Waals surface area contributed by atoms with E-state index in [1.807, 2.05) is 0 Å². The largest absolute Gasteiger partial charge is 0.506 e. The molecular weight excluding hydrogens is 522 g/mol. The van der Waals surface area contributed by atoms with Gasteiger partial charge >= 0.3 is 0 Å². The number of hydrogen-bond donors (Lipinski definition) is 3. The summed E-state index contributed by atoms with van der Waals surface area (Å²) in [5, 5.41) is 18.1. The van der Waals surface area contributed by atoms with Gasteiger partial charge in [0.1, 0.15) is 16.3 Å². The van der Waals surface area contributed by atoms with Crippen molar-refractivity contribution >= 4 is 54.0 Å². The first-order valence-corrected chi connectivity index (χ1v) is 14.3. The van der Waals surface area contributed by atoms with Gasteiger partial charge in [0.05, 0.1) is 10.6 Å². The Balaban J connectivity index is 1.75. The minimum Gasteiger partial charge on any atom is -0.506 e. The van der Waals surface area contributed by atoms with Crippen LogP contribution in [0.15, 0.2) is 68.6 Å². The summed E-state index contributed by atoms with van der Waals surface area (Å²) in [7, 11) is -9.80. The number of rotatable bonds is 6. The van der Waals surface area contributed by atoms with E-state index >= 15 is 0 Å². The van der Waals surface area contributed by atoms with Crippen molar-refractivity contribution in [3.63, 3.8) is 0 Å². The lowest BCUT2D eigenvalue weighted by atomic mass is 9.93. The van der Waals surface area contributed by atoms with Gasteiger partial charge in [0, 0.05) is 24.0 Å². The van der Waals surface area contributed by atoms with Crippen molar-refractivity contribution in [1.29, 1.82) is 0 Å². The average Bonchev–Trinajstić information content (AvgIpc) is 2.83. The lowest BCUT2D eigenvalue weighted by molar-refractivity contribution is -0.117.